The lowest BCUT2D eigenvalue weighted by Crippen LogP contribution is -2.15. The van der Waals surface area contributed by atoms with E-state index in [9.17, 15) is 4.79 Å². The number of rotatable bonds is 3. The Labute approximate surface area is 117 Å². The average Bonchev–Trinajstić information content (AvgIpc) is 2.80. The van der Waals surface area contributed by atoms with Crippen LogP contribution in [0.3, 0.4) is 0 Å². The van der Waals surface area contributed by atoms with Crippen LogP contribution in [0.5, 0.6) is 0 Å². The van der Waals surface area contributed by atoms with Gasteiger partial charge in [-0.25, -0.2) is 0 Å². The maximum absolute atomic E-state index is 11.9. The Hall–Kier alpha value is -2.37. The highest BCUT2D eigenvalue weighted by Crippen LogP contribution is 2.21. The van der Waals surface area contributed by atoms with E-state index in [4.69, 9.17) is 5.73 Å². The third kappa shape index (κ3) is 3.57. The summed E-state index contributed by atoms with van der Waals surface area (Å²) < 4.78 is 0. The summed E-state index contributed by atoms with van der Waals surface area (Å²) in [7, 11) is 0. The summed E-state index contributed by atoms with van der Waals surface area (Å²) in [5.41, 5.74) is 7.73. The number of hydrogen-bond donors (Lipinski definition) is 3. The molecule has 0 aliphatic heterocycles. The van der Waals surface area contributed by atoms with Gasteiger partial charge in [-0.15, -0.1) is 0 Å². The number of nitrogen functional groups attached to an aromatic ring is 1. The molecule has 0 saturated heterocycles. The van der Waals surface area contributed by atoms with Crippen LogP contribution in [0, 0.1) is 0 Å². The van der Waals surface area contributed by atoms with E-state index in [2.05, 4.69) is 41.3 Å². The van der Waals surface area contributed by atoms with E-state index in [0.29, 0.717) is 17.2 Å². The first-order valence-corrected chi connectivity index (χ1v) is 6.41. The van der Waals surface area contributed by atoms with Gasteiger partial charge in [0.1, 0.15) is 0 Å². The minimum Gasteiger partial charge on any atom is -0.397 e. The van der Waals surface area contributed by atoms with Gasteiger partial charge in [0.25, 0.3) is 0 Å². The third-order valence-corrected chi connectivity index (χ3v) is 2.84. The lowest BCUT2D eigenvalue weighted by atomic mass is 9.92. The molecule has 4 N–H and O–H groups in total. The first kappa shape index (κ1) is 14.0. The maximum atomic E-state index is 11.9. The van der Waals surface area contributed by atoms with Gasteiger partial charge >= 0.3 is 0 Å². The summed E-state index contributed by atoms with van der Waals surface area (Å²) in [6.45, 7) is 6.22. The van der Waals surface area contributed by atoms with Crippen molar-refractivity contribution in [3.63, 3.8) is 0 Å². The van der Waals surface area contributed by atoms with Gasteiger partial charge < -0.3 is 11.1 Å². The van der Waals surface area contributed by atoms with Gasteiger partial charge in [-0.3, -0.25) is 14.9 Å². The highest BCUT2D eigenvalue weighted by atomic mass is 16.1. The standard InChI is InChI=1S/C14H19N5O/c1-14(2,3)11-7-12(19-18-11)17-13(20)6-10-5-4-9(15)8-16-10/h4-5,7-8H,6,15H2,1-3H3,(H2,17,18,19,20). The normalized spacial score (nSPS) is 11.3. The number of aromatic nitrogens is 3. The zero-order chi connectivity index (χ0) is 14.8. The van der Waals surface area contributed by atoms with Crippen LogP contribution in [-0.2, 0) is 16.6 Å². The van der Waals surface area contributed by atoms with Crippen LogP contribution >= 0.6 is 0 Å². The molecule has 0 aliphatic carbocycles. The molecular weight excluding hydrogens is 254 g/mol. The van der Waals surface area contributed by atoms with Crippen LogP contribution in [-0.4, -0.2) is 21.1 Å². The summed E-state index contributed by atoms with van der Waals surface area (Å²) in [4.78, 5) is 16.0. The number of carbonyl (C=O) groups excluding carboxylic acids is 1. The highest BCUT2D eigenvalue weighted by molar-refractivity contribution is 5.91. The quantitative estimate of drug-likeness (QED) is 0.795. The first-order valence-electron chi connectivity index (χ1n) is 6.41. The largest absolute Gasteiger partial charge is 0.397 e. The lowest BCUT2D eigenvalue weighted by Gasteiger charge is -2.14. The van der Waals surface area contributed by atoms with Crippen molar-refractivity contribution in [2.75, 3.05) is 11.1 Å². The van der Waals surface area contributed by atoms with Crippen molar-refractivity contribution in [3.05, 3.63) is 35.8 Å². The van der Waals surface area contributed by atoms with Crippen LogP contribution in [0.25, 0.3) is 0 Å². The Morgan fingerprint density at radius 2 is 2.15 bits per heavy atom. The fourth-order valence-corrected chi connectivity index (χ4v) is 1.66. The molecule has 0 radical (unpaired) electrons. The summed E-state index contributed by atoms with van der Waals surface area (Å²) >= 11 is 0. The molecule has 0 spiro atoms. The minimum atomic E-state index is -0.158. The predicted molar refractivity (Wildman–Crippen MR) is 78.3 cm³/mol. The van der Waals surface area contributed by atoms with Crippen LogP contribution in [0.2, 0.25) is 0 Å². The van der Waals surface area contributed by atoms with Crippen LogP contribution < -0.4 is 11.1 Å². The summed E-state index contributed by atoms with van der Waals surface area (Å²) in [5.74, 6) is 0.365. The molecule has 0 aromatic carbocycles. The van der Waals surface area contributed by atoms with Gasteiger partial charge in [-0.05, 0) is 12.1 Å². The van der Waals surface area contributed by atoms with Crippen molar-refractivity contribution < 1.29 is 4.79 Å². The number of hydrogen-bond acceptors (Lipinski definition) is 4. The molecule has 0 unspecified atom stereocenters. The van der Waals surface area contributed by atoms with E-state index < -0.39 is 0 Å². The van der Waals surface area contributed by atoms with Crippen LogP contribution in [0.1, 0.15) is 32.2 Å². The summed E-state index contributed by atoms with van der Waals surface area (Å²) in [6, 6.07) is 5.30. The number of nitrogens with two attached hydrogens (primary N) is 1. The number of anilines is 2. The molecule has 6 heteroatoms. The first-order chi connectivity index (χ1) is 9.34. The summed E-state index contributed by atoms with van der Waals surface area (Å²) in [6.07, 6.45) is 1.73. The summed E-state index contributed by atoms with van der Waals surface area (Å²) in [5, 5.41) is 9.75. The molecule has 0 saturated carbocycles. The number of carbonyl (C=O) groups is 1. The molecule has 1 amide bonds. The van der Waals surface area contributed by atoms with Gasteiger partial charge in [0, 0.05) is 22.9 Å². The van der Waals surface area contributed by atoms with Crippen molar-refractivity contribution >= 4 is 17.4 Å². The van der Waals surface area contributed by atoms with E-state index in [0.717, 1.165) is 5.69 Å². The third-order valence-electron chi connectivity index (χ3n) is 2.84. The number of nitrogens with one attached hydrogen (secondary N) is 2. The van der Waals surface area contributed by atoms with Crippen molar-refractivity contribution in [1.29, 1.82) is 0 Å². The molecule has 106 valence electrons. The van der Waals surface area contributed by atoms with E-state index in [1.165, 1.54) is 6.20 Å². The maximum Gasteiger partial charge on any atom is 0.231 e. The molecule has 20 heavy (non-hydrogen) atoms. The molecule has 2 rings (SSSR count). The molecule has 0 aliphatic rings. The van der Waals surface area contributed by atoms with Gasteiger partial charge in [0.2, 0.25) is 5.91 Å². The molecule has 0 bridgehead atoms. The zero-order valence-electron chi connectivity index (χ0n) is 11.9. The smallest absolute Gasteiger partial charge is 0.231 e. The molecule has 0 fully saturated rings. The Balaban J connectivity index is 1.98. The van der Waals surface area contributed by atoms with Crippen molar-refractivity contribution in [3.8, 4) is 0 Å². The molecule has 2 aromatic rings. The van der Waals surface area contributed by atoms with Crippen LogP contribution in [0.4, 0.5) is 11.5 Å². The van der Waals surface area contributed by atoms with Gasteiger partial charge in [-0.1, -0.05) is 20.8 Å². The fraction of sp³-hybridized carbons (Fsp3) is 0.357. The minimum absolute atomic E-state index is 0.0332. The van der Waals surface area contributed by atoms with Crippen LogP contribution in [0.15, 0.2) is 24.4 Å². The molecule has 0 atom stereocenters. The molecular formula is C14H19N5O. The van der Waals surface area contributed by atoms with E-state index in [-0.39, 0.29) is 17.7 Å². The second kappa shape index (κ2) is 5.32. The zero-order valence-corrected chi connectivity index (χ0v) is 11.9. The van der Waals surface area contributed by atoms with E-state index >= 15 is 0 Å². The second-order valence-electron chi connectivity index (χ2n) is 5.72. The van der Waals surface area contributed by atoms with Crippen molar-refractivity contribution in [2.24, 2.45) is 0 Å². The lowest BCUT2D eigenvalue weighted by molar-refractivity contribution is -0.115. The number of aromatic amines is 1. The van der Waals surface area contributed by atoms with Crippen molar-refractivity contribution in [2.45, 2.75) is 32.6 Å². The second-order valence-corrected chi connectivity index (χ2v) is 5.72. The van der Waals surface area contributed by atoms with Gasteiger partial charge in [0.05, 0.1) is 18.3 Å². The Bertz CT molecular complexity index is 595. The number of nitrogens with zero attached hydrogens (tertiary/aromatic N) is 2. The Kier molecular flexibility index (Phi) is 3.74. The SMILES string of the molecule is CC(C)(C)c1cc(NC(=O)Cc2ccc(N)cn2)n[nH]1. The molecule has 2 aromatic heterocycles. The molecule has 6 nitrogen and oxygen atoms in total. The van der Waals surface area contributed by atoms with E-state index in [1.807, 2.05) is 6.07 Å². The highest BCUT2D eigenvalue weighted by Gasteiger charge is 2.17. The monoisotopic (exact) mass is 273 g/mol. The number of pyridine rings is 1. The molecule has 2 heterocycles. The fourth-order valence-electron chi connectivity index (χ4n) is 1.66. The Morgan fingerprint density at radius 3 is 2.70 bits per heavy atom. The Morgan fingerprint density at radius 1 is 1.40 bits per heavy atom. The topological polar surface area (TPSA) is 96.7 Å². The van der Waals surface area contributed by atoms with Gasteiger partial charge in [0.15, 0.2) is 5.82 Å². The van der Waals surface area contributed by atoms with E-state index in [1.54, 1.807) is 12.1 Å². The van der Waals surface area contributed by atoms with Gasteiger partial charge in [-0.2, -0.15) is 5.10 Å². The average molecular weight is 273 g/mol. The number of amides is 1. The predicted octanol–water partition coefficient (Wildman–Crippen LogP) is 1.87. The number of H-pyrrole nitrogens is 1. The van der Waals surface area contributed by atoms with Crippen molar-refractivity contribution in [1.82, 2.24) is 15.2 Å².